The van der Waals surface area contributed by atoms with Crippen molar-refractivity contribution in [3.8, 4) is 5.75 Å². The Morgan fingerprint density at radius 3 is 2.71 bits per heavy atom. The van der Waals surface area contributed by atoms with Crippen LogP contribution in [0.2, 0.25) is 0 Å². The monoisotopic (exact) mass is 331 g/mol. The molecule has 1 aromatic carbocycles. The molecule has 2 heterocycles. The van der Waals surface area contributed by atoms with Gasteiger partial charge in [0.15, 0.2) is 0 Å². The van der Waals surface area contributed by atoms with Gasteiger partial charge in [-0.2, -0.15) is 5.06 Å². The Balaban J connectivity index is 1.79. The fourth-order valence-corrected chi connectivity index (χ4v) is 2.85. The van der Waals surface area contributed by atoms with E-state index in [1.807, 2.05) is 30.3 Å². The van der Waals surface area contributed by atoms with Crippen molar-refractivity contribution in [3.63, 3.8) is 0 Å². The molecule has 0 spiro atoms. The summed E-state index contributed by atoms with van der Waals surface area (Å²) in [5, 5.41) is 1.78. The minimum atomic E-state index is -0.408. The first-order valence-electron chi connectivity index (χ1n) is 7.95. The van der Waals surface area contributed by atoms with Crippen molar-refractivity contribution in [2.75, 3.05) is 20.3 Å². The summed E-state index contributed by atoms with van der Waals surface area (Å²) in [4.78, 5) is 18.0. The summed E-state index contributed by atoms with van der Waals surface area (Å²) in [6, 6.07) is 11.1. The second kappa shape index (κ2) is 7.51. The molecule has 6 heteroatoms. The van der Waals surface area contributed by atoms with Crippen LogP contribution in [0.5, 0.6) is 5.75 Å². The van der Waals surface area contributed by atoms with E-state index in [4.69, 9.17) is 18.7 Å². The minimum absolute atomic E-state index is 0.267. The Hall–Kier alpha value is -2.31. The van der Waals surface area contributed by atoms with Gasteiger partial charge in [0.2, 0.25) is 0 Å². The van der Waals surface area contributed by atoms with Crippen LogP contribution in [0.3, 0.4) is 0 Å². The van der Waals surface area contributed by atoms with Gasteiger partial charge >= 0.3 is 5.97 Å². The molecule has 1 aliphatic rings. The molecule has 3 rings (SSSR count). The molecular formula is C18H21NO5. The number of benzene rings is 1. The van der Waals surface area contributed by atoms with E-state index in [9.17, 15) is 4.79 Å². The Morgan fingerprint density at radius 2 is 2.08 bits per heavy atom. The van der Waals surface area contributed by atoms with Crippen molar-refractivity contribution in [2.45, 2.75) is 19.5 Å². The lowest BCUT2D eigenvalue weighted by atomic mass is 9.99. The highest BCUT2D eigenvalue weighted by atomic mass is 16.7. The van der Waals surface area contributed by atoms with Crippen LogP contribution in [0.4, 0.5) is 0 Å². The maximum absolute atomic E-state index is 12.2. The second-order valence-corrected chi connectivity index (χ2v) is 5.54. The number of furan rings is 1. The van der Waals surface area contributed by atoms with Crippen molar-refractivity contribution in [1.29, 1.82) is 0 Å². The normalized spacial score (nSPS) is 20.9. The van der Waals surface area contributed by atoms with Crippen LogP contribution in [0.25, 0.3) is 0 Å². The molecule has 1 aliphatic heterocycles. The van der Waals surface area contributed by atoms with Crippen molar-refractivity contribution < 1.29 is 23.5 Å². The zero-order chi connectivity index (χ0) is 16.9. The second-order valence-electron chi connectivity index (χ2n) is 5.54. The molecule has 0 amide bonds. The highest BCUT2D eigenvalue weighted by Gasteiger charge is 2.43. The van der Waals surface area contributed by atoms with E-state index in [0.29, 0.717) is 18.9 Å². The maximum Gasteiger partial charge on any atom is 0.313 e. The summed E-state index contributed by atoms with van der Waals surface area (Å²) in [6.45, 7) is 2.95. The van der Waals surface area contributed by atoms with Crippen molar-refractivity contribution in [3.05, 3.63) is 54.0 Å². The Labute approximate surface area is 140 Å². The van der Waals surface area contributed by atoms with Crippen LogP contribution in [0.1, 0.15) is 24.3 Å². The highest BCUT2D eigenvalue weighted by molar-refractivity contribution is 5.74. The SMILES string of the molecule is CCOC(=O)[C@@H]1CON(Cc2ccc(OC)cc2)[C@H]1c1ccco1. The van der Waals surface area contributed by atoms with E-state index < -0.39 is 5.92 Å². The van der Waals surface area contributed by atoms with Gasteiger partial charge in [0.1, 0.15) is 23.5 Å². The number of hydrogen-bond acceptors (Lipinski definition) is 6. The molecule has 2 atom stereocenters. The topological polar surface area (TPSA) is 61.1 Å². The zero-order valence-corrected chi connectivity index (χ0v) is 13.8. The molecule has 6 nitrogen and oxygen atoms in total. The Bertz CT molecular complexity index is 653. The molecule has 0 unspecified atom stereocenters. The van der Waals surface area contributed by atoms with Gasteiger partial charge < -0.3 is 13.9 Å². The van der Waals surface area contributed by atoms with Gasteiger partial charge in [-0.05, 0) is 36.8 Å². The molecule has 1 fully saturated rings. The molecule has 0 radical (unpaired) electrons. The van der Waals surface area contributed by atoms with Crippen molar-refractivity contribution in [2.24, 2.45) is 5.92 Å². The van der Waals surface area contributed by atoms with E-state index in [0.717, 1.165) is 11.3 Å². The minimum Gasteiger partial charge on any atom is -0.497 e. The number of hydrogen-bond donors (Lipinski definition) is 0. The quantitative estimate of drug-likeness (QED) is 0.759. The standard InChI is InChI=1S/C18H21NO5/c1-3-22-18(20)15-12-24-19(17(15)16-5-4-10-23-16)11-13-6-8-14(21-2)9-7-13/h4-10,15,17H,3,11-12H2,1-2H3/t15-,17-/m1/s1. The third-order valence-corrected chi connectivity index (χ3v) is 4.03. The van der Waals surface area contributed by atoms with E-state index in [1.54, 1.807) is 31.4 Å². The van der Waals surface area contributed by atoms with E-state index >= 15 is 0 Å². The first kappa shape index (κ1) is 16.5. The van der Waals surface area contributed by atoms with Crippen LogP contribution in [-0.4, -0.2) is 31.4 Å². The number of ether oxygens (including phenoxy) is 2. The molecular weight excluding hydrogens is 310 g/mol. The summed E-state index contributed by atoms with van der Waals surface area (Å²) in [7, 11) is 1.63. The van der Waals surface area contributed by atoms with Crippen LogP contribution >= 0.6 is 0 Å². The molecule has 1 saturated heterocycles. The maximum atomic E-state index is 12.2. The summed E-state index contributed by atoms with van der Waals surface area (Å²) < 4.78 is 15.9. The smallest absolute Gasteiger partial charge is 0.313 e. The number of carbonyl (C=O) groups is 1. The summed E-state index contributed by atoms with van der Waals surface area (Å²) in [6.07, 6.45) is 1.60. The molecule has 0 aliphatic carbocycles. The zero-order valence-electron chi connectivity index (χ0n) is 13.8. The predicted molar refractivity (Wildman–Crippen MR) is 86.1 cm³/mol. The lowest BCUT2D eigenvalue weighted by Gasteiger charge is -2.23. The molecule has 2 aromatic rings. The van der Waals surface area contributed by atoms with E-state index in [-0.39, 0.29) is 18.6 Å². The third kappa shape index (κ3) is 3.44. The molecule has 24 heavy (non-hydrogen) atoms. The summed E-state index contributed by atoms with van der Waals surface area (Å²) >= 11 is 0. The molecule has 1 aromatic heterocycles. The molecule has 128 valence electrons. The first-order valence-corrected chi connectivity index (χ1v) is 7.95. The van der Waals surface area contributed by atoms with E-state index in [1.165, 1.54) is 0 Å². The van der Waals surface area contributed by atoms with Crippen LogP contribution in [-0.2, 0) is 20.9 Å². The van der Waals surface area contributed by atoms with Crippen molar-refractivity contribution in [1.82, 2.24) is 5.06 Å². The van der Waals surface area contributed by atoms with E-state index in [2.05, 4.69) is 0 Å². The summed E-state index contributed by atoms with van der Waals surface area (Å²) in [5.41, 5.74) is 1.05. The van der Waals surface area contributed by atoms with Gasteiger partial charge in [-0.25, -0.2) is 0 Å². The Kier molecular flexibility index (Phi) is 5.17. The van der Waals surface area contributed by atoms with Gasteiger partial charge in [0.25, 0.3) is 0 Å². The van der Waals surface area contributed by atoms with Gasteiger partial charge in [-0.3, -0.25) is 9.63 Å². The number of methoxy groups -OCH3 is 1. The highest BCUT2D eigenvalue weighted by Crippen LogP contribution is 2.37. The Morgan fingerprint density at radius 1 is 1.29 bits per heavy atom. The predicted octanol–water partition coefficient (Wildman–Crippen LogP) is 2.96. The number of rotatable bonds is 6. The van der Waals surface area contributed by atoms with Gasteiger partial charge in [-0.15, -0.1) is 0 Å². The average molecular weight is 331 g/mol. The number of esters is 1. The van der Waals surface area contributed by atoms with Gasteiger partial charge in [-0.1, -0.05) is 12.1 Å². The fraction of sp³-hybridized carbons (Fsp3) is 0.389. The number of hydroxylamine groups is 2. The fourth-order valence-electron chi connectivity index (χ4n) is 2.85. The number of nitrogens with zero attached hydrogens (tertiary/aromatic N) is 1. The largest absolute Gasteiger partial charge is 0.497 e. The van der Waals surface area contributed by atoms with Crippen LogP contribution < -0.4 is 4.74 Å². The first-order chi connectivity index (χ1) is 11.7. The van der Waals surface area contributed by atoms with Crippen LogP contribution in [0.15, 0.2) is 47.1 Å². The molecule has 0 bridgehead atoms. The average Bonchev–Trinajstić information content (AvgIpc) is 3.25. The van der Waals surface area contributed by atoms with Gasteiger partial charge in [0.05, 0.1) is 26.6 Å². The molecule has 0 N–H and O–H groups in total. The van der Waals surface area contributed by atoms with Crippen molar-refractivity contribution >= 4 is 5.97 Å². The number of carbonyl (C=O) groups excluding carboxylic acids is 1. The lowest BCUT2D eigenvalue weighted by molar-refractivity contribution is -0.149. The summed E-state index contributed by atoms with van der Waals surface area (Å²) in [5.74, 6) is 0.817. The third-order valence-electron chi connectivity index (χ3n) is 4.03. The van der Waals surface area contributed by atoms with Gasteiger partial charge in [0, 0.05) is 6.54 Å². The van der Waals surface area contributed by atoms with Crippen LogP contribution in [0, 0.1) is 5.92 Å². The molecule has 0 saturated carbocycles. The lowest BCUT2D eigenvalue weighted by Crippen LogP contribution is -2.28.